The molecule has 0 saturated heterocycles. The Labute approximate surface area is 188 Å². The Hall–Kier alpha value is -0.110. The van der Waals surface area contributed by atoms with E-state index in [4.69, 9.17) is 13.5 Å². The van der Waals surface area contributed by atoms with Crippen molar-refractivity contribution in [1.82, 2.24) is 0 Å². The summed E-state index contributed by atoms with van der Waals surface area (Å²) in [6.45, 7) is 5.46. The molecule has 0 unspecified atom stereocenters. The first-order chi connectivity index (χ1) is 12.6. The van der Waals surface area contributed by atoms with E-state index in [2.05, 4.69) is 13.8 Å². The van der Waals surface area contributed by atoms with Gasteiger partial charge in [0.15, 0.2) is 0 Å². The maximum absolute atomic E-state index is 11.6. The Balaban J connectivity index is 0. The van der Waals surface area contributed by atoms with Crippen LogP contribution < -0.4 is 33.7 Å². The van der Waals surface area contributed by atoms with Gasteiger partial charge in [-0.1, -0.05) is 89.5 Å². The minimum absolute atomic E-state index is 0. The van der Waals surface area contributed by atoms with Gasteiger partial charge in [0.25, 0.3) is 0 Å². The molecule has 1 aromatic rings. The number of rotatable bonds is 14. The van der Waals surface area contributed by atoms with Gasteiger partial charge in [0, 0.05) is 0 Å². The van der Waals surface area contributed by atoms with Crippen LogP contribution in [0.1, 0.15) is 71.1 Å². The summed E-state index contributed by atoms with van der Waals surface area (Å²) < 4.78 is 32.9. The number of hydrogen-bond acceptors (Lipinski definition) is 5. The van der Waals surface area contributed by atoms with Gasteiger partial charge < -0.3 is 16.2 Å². The molecule has 0 aliphatic rings. The molecule has 0 atom stereocenters. The van der Waals surface area contributed by atoms with Crippen molar-refractivity contribution in [3.05, 3.63) is 37.3 Å². The second-order valence-electron chi connectivity index (χ2n) is 6.03. The van der Waals surface area contributed by atoms with E-state index in [1.807, 2.05) is 0 Å². The van der Waals surface area contributed by atoms with E-state index in [-0.39, 0.29) is 48.5 Å². The molecule has 7 heteroatoms. The van der Waals surface area contributed by atoms with Gasteiger partial charge in [0.1, 0.15) is 5.75 Å². The Kier molecular flexibility index (Phi) is 22.2. The fraction of sp³-hybridized carbons (Fsp3) is 0.650. The summed E-state index contributed by atoms with van der Waals surface area (Å²) in [7, 11) is -3.94. The van der Waals surface area contributed by atoms with Gasteiger partial charge in [-0.05, 0) is 18.6 Å². The predicted molar refractivity (Wildman–Crippen MR) is 106 cm³/mol. The number of para-hydroxylation sites is 1. The van der Waals surface area contributed by atoms with Crippen LogP contribution in [-0.2, 0) is 14.6 Å². The van der Waals surface area contributed by atoms with Crippen LogP contribution >= 0.6 is 0 Å². The van der Waals surface area contributed by atoms with Gasteiger partial charge in [-0.15, -0.1) is 0 Å². The zero-order valence-corrected chi connectivity index (χ0v) is 19.9. The molecule has 0 bridgehead atoms. The normalized spacial score (nSPS) is 10.5. The van der Waals surface area contributed by atoms with E-state index >= 15 is 0 Å². The first-order valence-electron chi connectivity index (χ1n) is 9.59. The van der Waals surface area contributed by atoms with Crippen LogP contribution in [0.3, 0.4) is 0 Å². The molecular weight excluding hydrogens is 375 g/mol. The maximum Gasteiger partial charge on any atom is 1.00 e. The standard InChI is InChI=1S/C18H30O4S.C2H5O.Na/c1-2-3-4-5-6-7-8-9-10-14-17-21-23(19,20)22-18-15-12-11-13-16-18;1-2-3;/h11-13,15-16H,2-10,14,17H2,1H3;3H,1-2H2;/q;-1;+1. The van der Waals surface area contributed by atoms with E-state index in [0.29, 0.717) is 0 Å². The summed E-state index contributed by atoms with van der Waals surface area (Å²) in [5, 5.41) is 7.46. The van der Waals surface area contributed by atoms with Gasteiger partial charge in [-0.2, -0.15) is 8.42 Å². The Morgan fingerprint density at radius 1 is 0.889 bits per heavy atom. The molecule has 27 heavy (non-hydrogen) atoms. The molecule has 1 N–H and O–H groups in total. The van der Waals surface area contributed by atoms with Gasteiger partial charge in [0.05, 0.1) is 6.61 Å². The molecule has 0 aliphatic heterocycles. The average Bonchev–Trinajstić information content (AvgIpc) is 2.61. The monoisotopic (exact) mass is 410 g/mol. The van der Waals surface area contributed by atoms with Crippen LogP contribution in [0.2, 0.25) is 0 Å². The smallest absolute Gasteiger partial charge is 0.428 e. The predicted octanol–water partition coefficient (Wildman–Crippen LogP) is 2.06. The summed E-state index contributed by atoms with van der Waals surface area (Å²) >= 11 is 0. The van der Waals surface area contributed by atoms with Crippen molar-refractivity contribution in [3.8, 4) is 5.75 Å². The van der Waals surface area contributed by atoms with Crippen LogP contribution in [-0.4, -0.2) is 26.7 Å². The van der Waals surface area contributed by atoms with Crippen LogP contribution in [0.25, 0.3) is 0 Å². The fourth-order valence-corrected chi connectivity index (χ4v) is 3.09. The van der Waals surface area contributed by atoms with Crippen molar-refractivity contribution in [2.45, 2.75) is 71.1 Å². The SMILES string of the molecule is CCCCCCCCCCCCOS(=O)(=O)Oc1ccccc1.[CH2-]CO.[Na+]. The number of aliphatic hydroxyl groups is 1. The largest absolute Gasteiger partial charge is 1.00 e. The molecular formula is C20H35NaO5S. The van der Waals surface area contributed by atoms with Crippen molar-refractivity contribution in [3.63, 3.8) is 0 Å². The summed E-state index contributed by atoms with van der Waals surface area (Å²) in [5.41, 5.74) is 0. The molecule has 0 fully saturated rings. The van der Waals surface area contributed by atoms with Crippen molar-refractivity contribution in [2.24, 2.45) is 0 Å². The summed E-state index contributed by atoms with van der Waals surface area (Å²) in [6, 6.07) is 8.40. The van der Waals surface area contributed by atoms with Crippen molar-refractivity contribution < 1.29 is 51.4 Å². The van der Waals surface area contributed by atoms with E-state index in [9.17, 15) is 8.42 Å². The maximum atomic E-state index is 11.6. The summed E-state index contributed by atoms with van der Waals surface area (Å²) in [5.74, 6) is 0.274. The topological polar surface area (TPSA) is 72.8 Å². The average molecular weight is 411 g/mol. The van der Waals surface area contributed by atoms with Crippen LogP contribution in [0.15, 0.2) is 30.3 Å². The van der Waals surface area contributed by atoms with E-state index in [1.165, 1.54) is 44.9 Å². The quantitative estimate of drug-likeness (QED) is 0.289. The molecule has 0 aliphatic carbocycles. The third-order valence-corrected chi connectivity index (χ3v) is 4.52. The van der Waals surface area contributed by atoms with Crippen molar-refractivity contribution in [2.75, 3.05) is 13.2 Å². The summed E-state index contributed by atoms with van der Waals surface area (Å²) in [6.07, 6.45) is 12.0. The molecule has 0 spiro atoms. The second kappa shape index (κ2) is 20.6. The molecule has 0 saturated carbocycles. The number of aliphatic hydroxyl groups excluding tert-OH is 1. The van der Waals surface area contributed by atoms with Gasteiger partial charge in [-0.3, -0.25) is 0 Å². The fourth-order valence-electron chi connectivity index (χ4n) is 2.37. The van der Waals surface area contributed by atoms with Gasteiger partial charge in [-0.25, -0.2) is 4.18 Å². The number of unbranched alkanes of at least 4 members (excludes halogenated alkanes) is 9. The summed E-state index contributed by atoms with van der Waals surface area (Å²) in [4.78, 5) is 0. The van der Waals surface area contributed by atoms with Crippen molar-refractivity contribution >= 4 is 10.4 Å². The van der Waals surface area contributed by atoms with Crippen LogP contribution in [0, 0.1) is 6.92 Å². The van der Waals surface area contributed by atoms with E-state index in [0.717, 1.165) is 19.3 Å². The molecule has 0 aromatic heterocycles. The number of benzene rings is 1. The second-order valence-corrected chi connectivity index (χ2v) is 7.25. The van der Waals surface area contributed by atoms with Crippen molar-refractivity contribution in [1.29, 1.82) is 0 Å². The Morgan fingerprint density at radius 2 is 1.33 bits per heavy atom. The zero-order valence-electron chi connectivity index (χ0n) is 17.1. The molecule has 0 amide bonds. The molecule has 152 valence electrons. The third kappa shape index (κ3) is 20.4. The zero-order chi connectivity index (χ0) is 19.5. The first-order valence-corrected chi connectivity index (χ1v) is 10.9. The van der Waals surface area contributed by atoms with Crippen LogP contribution in [0.5, 0.6) is 5.75 Å². The third-order valence-electron chi connectivity index (χ3n) is 3.67. The van der Waals surface area contributed by atoms with Crippen LogP contribution in [0.4, 0.5) is 0 Å². The minimum Gasteiger partial charge on any atom is -0.428 e. The molecule has 5 nitrogen and oxygen atoms in total. The minimum atomic E-state index is -3.94. The van der Waals surface area contributed by atoms with Gasteiger partial charge >= 0.3 is 40.0 Å². The van der Waals surface area contributed by atoms with E-state index < -0.39 is 10.4 Å². The molecule has 0 radical (unpaired) electrons. The number of hydrogen-bond donors (Lipinski definition) is 1. The first kappa shape index (κ1) is 29.1. The van der Waals surface area contributed by atoms with E-state index in [1.54, 1.807) is 30.3 Å². The molecule has 1 aromatic carbocycles. The molecule has 1 rings (SSSR count). The van der Waals surface area contributed by atoms with Gasteiger partial charge in [0.2, 0.25) is 0 Å². The Morgan fingerprint density at radius 3 is 1.81 bits per heavy atom. The Bertz CT molecular complexity index is 508. The molecule has 0 heterocycles.